The van der Waals surface area contributed by atoms with Crippen LogP contribution in [-0.2, 0) is 0 Å². The summed E-state index contributed by atoms with van der Waals surface area (Å²) in [5.41, 5.74) is 0. The van der Waals surface area contributed by atoms with Crippen molar-refractivity contribution in [2.45, 2.75) is 0 Å². The second-order valence-corrected chi connectivity index (χ2v) is 1.53. The molecule has 6 heavy (non-hydrogen) atoms. The molecule has 0 amide bonds. The Balaban J connectivity index is 1.88. The second kappa shape index (κ2) is 1.56. The third kappa shape index (κ3) is 0.937. The molecule has 1 nitrogen and oxygen atoms in total. The average Bonchev–Trinajstić information content (AvgIpc) is 2.21. The molecule has 1 aliphatic heterocycles. The molecule has 0 aromatic heterocycles. The van der Waals surface area contributed by atoms with E-state index >= 15 is 0 Å². The van der Waals surface area contributed by atoms with Crippen LogP contribution >= 0.6 is 0 Å². The lowest BCUT2D eigenvalue weighted by Gasteiger charge is -1.86. The van der Waals surface area contributed by atoms with Crippen molar-refractivity contribution >= 4 is 0 Å². The van der Waals surface area contributed by atoms with E-state index in [-0.39, 0.29) is 6.67 Å². The Morgan fingerprint density at radius 3 is 2.33 bits per heavy atom. The monoisotopic (exact) mass is 89.1 g/mol. The maximum Gasteiger partial charge on any atom is 0.102 e. The van der Waals surface area contributed by atoms with Gasteiger partial charge in [0, 0.05) is 19.6 Å². The zero-order chi connectivity index (χ0) is 4.41. The minimum Gasteiger partial charge on any atom is -0.298 e. The summed E-state index contributed by atoms with van der Waals surface area (Å²) in [7, 11) is 0. The predicted octanol–water partition coefficient (Wildman–Crippen LogP) is 0.272. The molecule has 0 N–H and O–H groups in total. The largest absolute Gasteiger partial charge is 0.298 e. The predicted molar refractivity (Wildman–Crippen MR) is 22.4 cm³/mol. The Labute approximate surface area is 36.8 Å². The van der Waals surface area contributed by atoms with Crippen LogP contribution in [-0.4, -0.2) is 31.2 Å². The molecule has 0 bridgehead atoms. The molecule has 0 aromatic carbocycles. The van der Waals surface area contributed by atoms with Crippen molar-refractivity contribution in [3.63, 3.8) is 0 Å². The minimum atomic E-state index is -0.181. The van der Waals surface area contributed by atoms with Crippen LogP contribution in [0.2, 0.25) is 0 Å². The highest BCUT2D eigenvalue weighted by Gasteiger charge is 2.14. The van der Waals surface area contributed by atoms with Crippen molar-refractivity contribution in [3.8, 4) is 0 Å². The molecule has 0 atom stereocenters. The Bertz CT molecular complexity index is 42.8. The molecule has 1 fully saturated rings. The summed E-state index contributed by atoms with van der Waals surface area (Å²) >= 11 is 0. The first-order valence-corrected chi connectivity index (χ1v) is 2.22. The van der Waals surface area contributed by atoms with E-state index in [0.29, 0.717) is 6.54 Å². The molecule has 36 valence electrons. The third-order valence-electron chi connectivity index (χ3n) is 0.941. The lowest BCUT2D eigenvalue weighted by Crippen LogP contribution is -1.99. The molecule has 1 heterocycles. The number of alkyl halides is 1. The molecular formula is C4H8FN. The van der Waals surface area contributed by atoms with Crippen LogP contribution in [0.4, 0.5) is 4.39 Å². The van der Waals surface area contributed by atoms with Gasteiger partial charge in [-0.2, -0.15) is 0 Å². The Morgan fingerprint density at radius 2 is 2.17 bits per heavy atom. The fraction of sp³-hybridized carbons (Fsp3) is 1.00. The first-order chi connectivity index (χ1) is 2.93. The van der Waals surface area contributed by atoms with E-state index in [9.17, 15) is 4.39 Å². The summed E-state index contributed by atoms with van der Waals surface area (Å²) in [6, 6.07) is 0. The van der Waals surface area contributed by atoms with Gasteiger partial charge in [0.15, 0.2) is 0 Å². The van der Waals surface area contributed by atoms with Crippen molar-refractivity contribution in [3.05, 3.63) is 0 Å². The van der Waals surface area contributed by atoms with E-state index < -0.39 is 0 Å². The van der Waals surface area contributed by atoms with E-state index in [4.69, 9.17) is 0 Å². The Morgan fingerprint density at radius 1 is 1.50 bits per heavy atom. The molecule has 0 saturated carbocycles. The van der Waals surface area contributed by atoms with Gasteiger partial charge in [0.2, 0.25) is 0 Å². The zero-order valence-corrected chi connectivity index (χ0v) is 3.65. The highest BCUT2D eigenvalue weighted by Crippen LogP contribution is 2.00. The third-order valence-corrected chi connectivity index (χ3v) is 0.941. The van der Waals surface area contributed by atoms with Gasteiger partial charge in [-0.25, -0.2) is 4.39 Å². The van der Waals surface area contributed by atoms with Crippen molar-refractivity contribution < 1.29 is 4.39 Å². The van der Waals surface area contributed by atoms with Crippen molar-refractivity contribution in [2.24, 2.45) is 0 Å². The number of halogens is 1. The van der Waals surface area contributed by atoms with Crippen LogP contribution in [0.3, 0.4) is 0 Å². The molecule has 0 aliphatic carbocycles. The summed E-state index contributed by atoms with van der Waals surface area (Å²) in [6.45, 7) is 2.70. The van der Waals surface area contributed by atoms with Gasteiger partial charge in [-0.3, -0.25) is 4.90 Å². The fourth-order valence-corrected chi connectivity index (χ4v) is 0.414. The van der Waals surface area contributed by atoms with Gasteiger partial charge < -0.3 is 0 Å². The van der Waals surface area contributed by atoms with Gasteiger partial charge in [0.1, 0.15) is 6.67 Å². The van der Waals surface area contributed by atoms with Gasteiger partial charge >= 0.3 is 0 Å². The molecule has 2 heteroatoms. The summed E-state index contributed by atoms with van der Waals surface area (Å²) in [5, 5.41) is 0. The first-order valence-electron chi connectivity index (χ1n) is 2.22. The maximum atomic E-state index is 11.2. The van der Waals surface area contributed by atoms with Crippen LogP contribution in [0, 0.1) is 0 Å². The smallest absolute Gasteiger partial charge is 0.102 e. The lowest BCUT2D eigenvalue weighted by molar-refractivity contribution is 0.417. The van der Waals surface area contributed by atoms with Crippen LogP contribution in [0.15, 0.2) is 0 Å². The molecular weight excluding hydrogens is 81.0 g/mol. The second-order valence-electron chi connectivity index (χ2n) is 1.53. The van der Waals surface area contributed by atoms with E-state index in [1.165, 1.54) is 0 Å². The SMILES string of the molecule is FCCN1CC1. The first kappa shape index (κ1) is 4.06. The molecule has 1 aliphatic rings. The number of hydrogen-bond acceptors (Lipinski definition) is 1. The standard InChI is InChI=1S/C4H8FN/c5-1-2-6-3-4-6/h1-4H2. The van der Waals surface area contributed by atoms with E-state index in [1.54, 1.807) is 0 Å². The van der Waals surface area contributed by atoms with E-state index in [0.717, 1.165) is 13.1 Å². The molecule has 0 spiro atoms. The van der Waals surface area contributed by atoms with Crippen LogP contribution in [0.5, 0.6) is 0 Å². The van der Waals surface area contributed by atoms with Crippen LogP contribution in [0.1, 0.15) is 0 Å². The Hall–Kier alpha value is -0.110. The van der Waals surface area contributed by atoms with Crippen molar-refractivity contribution in [1.29, 1.82) is 0 Å². The van der Waals surface area contributed by atoms with Crippen LogP contribution < -0.4 is 0 Å². The summed E-state index contributed by atoms with van der Waals surface area (Å²) in [4.78, 5) is 2.06. The summed E-state index contributed by atoms with van der Waals surface area (Å²) < 4.78 is 11.2. The number of hydrogen-bond donors (Lipinski definition) is 0. The van der Waals surface area contributed by atoms with Gasteiger partial charge in [0.25, 0.3) is 0 Å². The quantitative estimate of drug-likeness (QED) is 0.439. The molecule has 1 rings (SSSR count). The van der Waals surface area contributed by atoms with Gasteiger partial charge in [-0.1, -0.05) is 0 Å². The maximum absolute atomic E-state index is 11.2. The highest BCUT2D eigenvalue weighted by molar-refractivity contribution is 4.70. The number of rotatable bonds is 2. The average molecular weight is 89.1 g/mol. The fourth-order valence-electron chi connectivity index (χ4n) is 0.414. The molecule has 1 saturated heterocycles. The van der Waals surface area contributed by atoms with Crippen molar-refractivity contribution in [2.75, 3.05) is 26.3 Å². The molecule has 0 radical (unpaired) electrons. The highest BCUT2D eigenvalue weighted by atomic mass is 19.1. The van der Waals surface area contributed by atoms with E-state index in [2.05, 4.69) is 4.90 Å². The molecule has 0 unspecified atom stereocenters. The summed E-state index contributed by atoms with van der Waals surface area (Å²) in [5.74, 6) is 0. The van der Waals surface area contributed by atoms with Gasteiger partial charge in [0.05, 0.1) is 0 Å². The summed E-state index contributed by atoms with van der Waals surface area (Å²) in [6.07, 6.45) is 0. The van der Waals surface area contributed by atoms with Gasteiger partial charge in [-0.15, -0.1) is 0 Å². The normalized spacial score (nSPS) is 21.5. The number of nitrogens with zero attached hydrogens (tertiary/aromatic N) is 1. The van der Waals surface area contributed by atoms with Crippen LogP contribution in [0.25, 0.3) is 0 Å². The lowest BCUT2D eigenvalue weighted by atomic mass is 10.7. The molecule has 0 aromatic rings. The van der Waals surface area contributed by atoms with E-state index in [1.807, 2.05) is 0 Å². The van der Waals surface area contributed by atoms with Crippen molar-refractivity contribution in [1.82, 2.24) is 4.90 Å². The zero-order valence-electron chi connectivity index (χ0n) is 3.65. The Kier molecular flexibility index (Phi) is 1.05. The van der Waals surface area contributed by atoms with Gasteiger partial charge in [-0.05, 0) is 0 Å². The minimum absolute atomic E-state index is 0.181. The topological polar surface area (TPSA) is 3.01 Å².